The van der Waals surface area contributed by atoms with Gasteiger partial charge in [-0.25, -0.2) is 19.3 Å². The number of likely N-dealkylation sites (N-methyl/N-ethyl adjacent to an activating group) is 1. The van der Waals surface area contributed by atoms with Crippen LogP contribution in [0.1, 0.15) is 57.5 Å². The van der Waals surface area contributed by atoms with Crippen LogP contribution in [0.3, 0.4) is 0 Å². The molecular formula is C64H71N10O7Si+. The van der Waals surface area contributed by atoms with E-state index in [1.165, 1.54) is 40.3 Å². The number of aromatic carboxylic acids is 1. The van der Waals surface area contributed by atoms with Crippen LogP contribution in [0, 0.1) is 0 Å². The first kappa shape index (κ1) is 54.4. The molecule has 0 saturated carbocycles. The predicted molar refractivity (Wildman–Crippen MR) is 325 cm³/mol. The molecule has 0 radical (unpaired) electrons. The second-order valence-electron chi connectivity index (χ2n) is 22.4. The van der Waals surface area contributed by atoms with Crippen molar-refractivity contribution < 1.29 is 38.3 Å². The number of anilines is 2. The number of fused-ring (bicyclic) bond motifs is 4. The molecule has 17 nitrogen and oxygen atoms in total. The maximum absolute atomic E-state index is 13.7. The Morgan fingerprint density at radius 1 is 0.683 bits per heavy atom. The summed E-state index contributed by atoms with van der Waals surface area (Å²) >= 11 is 0. The molecule has 0 spiro atoms. The summed E-state index contributed by atoms with van der Waals surface area (Å²) in [6.07, 6.45) is 9.91. The molecule has 422 valence electrons. The Hall–Kier alpha value is -8.16. The zero-order chi connectivity index (χ0) is 56.3. The van der Waals surface area contributed by atoms with Gasteiger partial charge >= 0.3 is 5.97 Å². The molecule has 0 bridgehead atoms. The molecule has 5 aliphatic rings. The van der Waals surface area contributed by atoms with Gasteiger partial charge in [0.2, 0.25) is 5.91 Å². The second-order valence-corrected chi connectivity index (χ2v) is 26.7. The van der Waals surface area contributed by atoms with Crippen LogP contribution in [0.2, 0.25) is 13.1 Å². The monoisotopic (exact) mass is 1120 g/mol. The number of nitrogens with zero attached hydrogens (tertiary/aromatic N) is 6. The molecule has 4 aliphatic heterocycles. The highest BCUT2D eigenvalue weighted by Crippen LogP contribution is 2.43. The van der Waals surface area contributed by atoms with Gasteiger partial charge in [-0.15, -0.1) is 0 Å². The van der Waals surface area contributed by atoms with Crippen molar-refractivity contribution in [2.24, 2.45) is 0 Å². The van der Waals surface area contributed by atoms with Gasteiger partial charge in [-0.3, -0.25) is 9.59 Å². The van der Waals surface area contributed by atoms with Crippen LogP contribution >= 0.6 is 0 Å². The molecule has 18 heteroatoms. The Labute approximate surface area is 478 Å². The smallest absolute Gasteiger partial charge is 0.336 e. The first-order chi connectivity index (χ1) is 39.9. The zero-order valence-electron chi connectivity index (χ0n) is 47.0. The number of piperazine rings is 1. The maximum Gasteiger partial charge on any atom is 0.336 e. The normalized spacial score (nSPS) is 16.6. The van der Waals surface area contributed by atoms with E-state index in [-0.39, 0.29) is 30.5 Å². The lowest BCUT2D eigenvalue weighted by molar-refractivity contribution is -0.582. The molecule has 12 rings (SSSR count). The van der Waals surface area contributed by atoms with E-state index in [4.69, 9.17) is 24.2 Å². The highest BCUT2D eigenvalue weighted by atomic mass is 28.3. The first-order valence-corrected chi connectivity index (χ1v) is 31.8. The average molecular weight is 1120 g/mol. The van der Waals surface area contributed by atoms with Gasteiger partial charge in [0.15, 0.2) is 5.71 Å². The molecule has 3 fully saturated rings. The Kier molecular flexibility index (Phi) is 15.8. The van der Waals surface area contributed by atoms with E-state index in [0.717, 1.165) is 114 Å². The molecule has 7 aromatic rings. The summed E-state index contributed by atoms with van der Waals surface area (Å²) in [7, 11) is -0.0790. The van der Waals surface area contributed by atoms with E-state index < -0.39 is 14.0 Å². The van der Waals surface area contributed by atoms with Crippen LogP contribution < -0.4 is 30.4 Å². The Bertz CT molecular complexity index is 3710. The third-order valence-electron chi connectivity index (χ3n) is 16.6. The third-order valence-corrected chi connectivity index (χ3v) is 20.1. The molecule has 2 aromatic heterocycles. The van der Waals surface area contributed by atoms with Gasteiger partial charge in [-0.1, -0.05) is 19.2 Å². The van der Waals surface area contributed by atoms with Gasteiger partial charge in [0.1, 0.15) is 38.6 Å². The molecule has 3 saturated heterocycles. The van der Waals surface area contributed by atoms with Crippen molar-refractivity contribution >= 4 is 75.8 Å². The summed E-state index contributed by atoms with van der Waals surface area (Å²) in [5.74, 6) is 0.864. The van der Waals surface area contributed by atoms with Crippen LogP contribution in [0.25, 0.3) is 50.4 Å². The minimum Gasteiger partial charge on any atom is -0.494 e. The van der Waals surface area contributed by atoms with Crippen LogP contribution in [-0.2, 0) is 14.3 Å². The van der Waals surface area contributed by atoms with Crippen LogP contribution in [0.5, 0.6) is 5.75 Å². The number of H-pyrrole nitrogens is 2. The summed E-state index contributed by atoms with van der Waals surface area (Å²) in [5.41, 5.74) is 13.3. The zero-order valence-corrected chi connectivity index (χ0v) is 48.0. The van der Waals surface area contributed by atoms with Crippen molar-refractivity contribution in [3.8, 4) is 28.5 Å². The number of rotatable bonds is 21. The Morgan fingerprint density at radius 3 is 2.06 bits per heavy atom. The van der Waals surface area contributed by atoms with Gasteiger partial charge in [0, 0.05) is 99.0 Å². The lowest BCUT2D eigenvalue weighted by atomic mass is 9.86. The Balaban J connectivity index is 0.558. The van der Waals surface area contributed by atoms with Crippen molar-refractivity contribution in [2.45, 2.75) is 38.8 Å². The fourth-order valence-electron chi connectivity index (χ4n) is 11.6. The van der Waals surface area contributed by atoms with E-state index >= 15 is 0 Å². The van der Waals surface area contributed by atoms with Gasteiger partial charge in [-0.05, 0) is 150 Å². The van der Waals surface area contributed by atoms with Crippen LogP contribution in [0.4, 0.5) is 11.4 Å². The molecule has 5 aromatic carbocycles. The standard InChI is InChI=1S/C64H70N10O7Si/c1-71-28-30-74(31-29-71)45-14-21-54-56(39-45)70-62(68-54)43-11-20-53-55(38-43)69-61(67-53)42-8-15-48(16-9-42)81-32-4-7-59(75)65-22-33-79-35-36-80-34-23-66-63(76)44-10-17-49(64(77)78)52(37-44)60-50-18-12-46(72-24-5-25-72)40-57(50)82(2,3)58-41-47(13-19-51(58)60)73-26-6-27-73/h8-21,37-41H,4-7,22-36H2,1-3H3,(H4-,65,66,67,68,69,70,75,76,77,78)/p+1. The molecule has 82 heavy (non-hydrogen) atoms. The highest BCUT2D eigenvalue weighted by molar-refractivity contribution is 6.98. The summed E-state index contributed by atoms with van der Waals surface area (Å²) in [6.45, 7) is 15.3. The number of benzene rings is 5. The molecule has 6 heterocycles. The number of hydrogen-bond acceptors (Lipinski definition) is 11. The van der Waals surface area contributed by atoms with Gasteiger partial charge in [0.05, 0.1) is 67.1 Å². The molecule has 0 unspecified atom stereocenters. The van der Waals surface area contributed by atoms with Crippen molar-refractivity contribution in [1.29, 1.82) is 0 Å². The summed E-state index contributed by atoms with van der Waals surface area (Å²) in [5, 5.41) is 19.0. The molecule has 0 atom stereocenters. The van der Waals surface area contributed by atoms with Crippen molar-refractivity contribution in [1.82, 2.24) is 35.5 Å². The first-order valence-electron chi connectivity index (χ1n) is 28.8. The van der Waals surface area contributed by atoms with E-state index in [9.17, 15) is 19.5 Å². The van der Waals surface area contributed by atoms with Gasteiger partial charge in [0.25, 0.3) is 5.91 Å². The van der Waals surface area contributed by atoms with E-state index in [1.54, 1.807) is 18.2 Å². The number of carboxylic acids is 1. The number of aromatic nitrogens is 4. The predicted octanol–water partition coefficient (Wildman–Crippen LogP) is 7.80. The number of carbonyl (C=O) groups excluding carboxylic acids is 2. The number of carbonyl (C=O) groups is 3. The van der Waals surface area contributed by atoms with Crippen LogP contribution in [-0.4, -0.2) is 172 Å². The van der Waals surface area contributed by atoms with Crippen molar-refractivity contribution in [3.63, 3.8) is 0 Å². The molecule has 1 aliphatic carbocycles. The second kappa shape index (κ2) is 23.7. The van der Waals surface area contributed by atoms with Crippen molar-refractivity contribution in [3.05, 3.63) is 148 Å². The summed E-state index contributed by atoms with van der Waals surface area (Å²) in [4.78, 5) is 63.0. The molecule has 5 N–H and O–H groups in total. The van der Waals surface area contributed by atoms with Crippen LogP contribution in [0.15, 0.2) is 126 Å². The maximum atomic E-state index is 13.7. The van der Waals surface area contributed by atoms with Crippen molar-refractivity contribution in [2.75, 3.05) is 115 Å². The summed E-state index contributed by atoms with van der Waals surface area (Å²) in [6, 6.07) is 31.9. The number of aromatic amines is 2. The number of allylic oxidation sites excluding steroid dienone is 5. The SMILES string of the molecule is CN1CCN(c2ccc3nc(-c4ccc5nc(-c6ccc(OCCCC(=O)NCCOCCOCCNC(=O)c7ccc(C(=O)O)c(C8=C9C=CC(=[N+]%10CCC%10)C=C9[Si](C)(C)c9cc(N%10CCC%10)ccc98)c7)cc6)[nH]c5c4)[nH]c3c2)CC1. The van der Waals surface area contributed by atoms with Gasteiger partial charge in [-0.2, -0.15) is 0 Å². The number of imidazole rings is 2. The minimum atomic E-state index is -2.25. The lowest BCUT2D eigenvalue weighted by Crippen LogP contribution is -2.50. The Morgan fingerprint density at radius 2 is 1.35 bits per heavy atom. The summed E-state index contributed by atoms with van der Waals surface area (Å²) < 4.78 is 19.8. The fraction of sp³-hybridized carbons (Fsp3) is 0.344. The van der Waals surface area contributed by atoms with E-state index in [1.807, 2.05) is 36.4 Å². The lowest BCUT2D eigenvalue weighted by Gasteiger charge is -2.40. The number of hydrogen-bond donors (Lipinski definition) is 5. The largest absolute Gasteiger partial charge is 0.494 e. The van der Waals surface area contributed by atoms with E-state index in [2.05, 4.69) is 121 Å². The topological polar surface area (TPSA) is 193 Å². The highest BCUT2D eigenvalue weighted by Gasteiger charge is 2.42. The van der Waals surface area contributed by atoms with Gasteiger partial charge < -0.3 is 54.6 Å². The number of ether oxygens (including phenoxy) is 3. The van der Waals surface area contributed by atoms with E-state index in [0.29, 0.717) is 62.7 Å². The molecule has 2 amide bonds. The average Bonchev–Trinajstić information content (AvgIpc) is 4.20. The fourth-order valence-corrected chi connectivity index (χ4v) is 14.6. The molecular weight excluding hydrogens is 1050 g/mol. The minimum absolute atomic E-state index is 0.0760. The number of carboxylic acid groups (broad SMARTS) is 1. The quantitative estimate of drug-likeness (QED) is 0.0267. The third kappa shape index (κ3) is 11.5. The number of nitrogens with one attached hydrogen (secondary N) is 4. The number of amides is 2.